The minimum Gasteiger partial charge on any atom is -0.342 e. The first-order valence-corrected chi connectivity index (χ1v) is 9.84. The monoisotopic (exact) mass is 376 g/mol. The number of piperazine rings is 1. The van der Waals surface area contributed by atoms with Crippen molar-refractivity contribution >= 4 is 17.5 Å². The minimum absolute atomic E-state index is 0.208. The fraction of sp³-hybridized carbons (Fsp3) is 0.600. The molecule has 0 saturated carbocycles. The summed E-state index contributed by atoms with van der Waals surface area (Å²) in [6.45, 7) is 7.03. The number of halogens is 1. The molecule has 2 aliphatic heterocycles. The summed E-state index contributed by atoms with van der Waals surface area (Å²) in [5.41, 5.74) is 0.208. The van der Waals surface area contributed by atoms with Crippen LogP contribution in [0.2, 0.25) is 0 Å². The Balaban J connectivity index is 1.44. The molecule has 2 fully saturated rings. The van der Waals surface area contributed by atoms with Gasteiger partial charge >= 0.3 is 0 Å². The molecule has 0 bridgehead atoms. The molecule has 2 aliphatic rings. The molecule has 148 valence electrons. The molecule has 0 unspecified atom stereocenters. The smallest absolute Gasteiger partial charge is 0.241 e. The zero-order valence-electron chi connectivity index (χ0n) is 16.0. The normalized spacial score (nSPS) is 20.3. The number of nitrogens with one attached hydrogen (secondary N) is 1. The van der Waals surface area contributed by atoms with Crippen molar-refractivity contribution in [1.82, 2.24) is 14.7 Å². The third-order valence-corrected chi connectivity index (χ3v) is 5.53. The van der Waals surface area contributed by atoms with Gasteiger partial charge in [0, 0.05) is 39.3 Å². The number of carbonyl (C=O) groups excluding carboxylic acids is 2. The first-order chi connectivity index (χ1) is 13.0. The highest BCUT2D eigenvalue weighted by molar-refractivity contribution is 5.94. The molecule has 1 aromatic carbocycles. The number of nitrogens with zero attached hydrogens (tertiary/aromatic N) is 3. The number of benzene rings is 1. The Morgan fingerprint density at radius 1 is 1.04 bits per heavy atom. The van der Waals surface area contributed by atoms with Gasteiger partial charge in [-0.1, -0.05) is 12.1 Å². The minimum atomic E-state index is -0.431. The Labute approximate surface area is 160 Å². The van der Waals surface area contributed by atoms with Crippen molar-refractivity contribution in [3.63, 3.8) is 0 Å². The molecule has 27 heavy (non-hydrogen) atoms. The van der Waals surface area contributed by atoms with E-state index in [1.165, 1.54) is 12.5 Å². The highest BCUT2D eigenvalue weighted by Crippen LogP contribution is 2.15. The molecule has 6 nitrogen and oxygen atoms in total. The van der Waals surface area contributed by atoms with Gasteiger partial charge in [-0.15, -0.1) is 0 Å². The third-order valence-electron chi connectivity index (χ3n) is 5.53. The lowest BCUT2D eigenvalue weighted by atomic mass is 10.1. The van der Waals surface area contributed by atoms with E-state index in [0.717, 1.165) is 52.1 Å². The molecule has 0 spiro atoms. The molecule has 0 aliphatic carbocycles. The number of piperidine rings is 1. The van der Waals surface area contributed by atoms with E-state index < -0.39 is 5.82 Å². The highest BCUT2D eigenvalue weighted by atomic mass is 19.1. The molecule has 7 heteroatoms. The molecule has 0 radical (unpaired) electrons. The van der Waals surface area contributed by atoms with Gasteiger partial charge in [-0.2, -0.15) is 0 Å². The van der Waals surface area contributed by atoms with Crippen molar-refractivity contribution in [3.05, 3.63) is 30.1 Å². The summed E-state index contributed by atoms with van der Waals surface area (Å²) in [5.74, 6) is -0.425. The van der Waals surface area contributed by atoms with Gasteiger partial charge < -0.3 is 10.2 Å². The van der Waals surface area contributed by atoms with Crippen LogP contribution in [0.4, 0.5) is 10.1 Å². The molecule has 1 N–H and O–H groups in total. The van der Waals surface area contributed by atoms with Crippen LogP contribution in [0.5, 0.6) is 0 Å². The van der Waals surface area contributed by atoms with Crippen molar-refractivity contribution in [2.45, 2.75) is 32.2 Å². The van der Waals surface area contributed by atoms with E-state index in [1.807, 2.05) is 11.8 Å². The number of para-hydroxylation sites is 1. The van der Waals surface area contributed by atoms with Crippen molar-refractivity contribution in [1.29, 1.82) is 0 Å². The SMILES string of the molecule is C[C@H](C(=O)Nc1ccccc1F)N1CCN(CC(=O)N2CCCCC2)CC1. The van der Waals surface area contributed by atoms with Crippen molar-refractivity contribution in [2.24, 2.45) is 0 Å². The molecule has 3 rings (SSSR count). The predicted molar refractivity (Wildman–Crippen MR) is 103 cm³/mol. The van der Waals surface area contributed by atoms with Crippen LogP contribution in [0, 0.1) is 5.82 Å². The molecular formula is C20H29FN4O2. The van der Waals surface area contributed by atoms with Crippen LogP contribution in [0.3, 0.4) is 0 Å². The van der Waals surface area contributed by atoms with E-state index in [-0.39, 0.29) is 23.5 Å². The van der Waals surface area contributed by atoms with Crippen LogP contribution in [0.25, 0.3) is 0 Å². The molecule has 1 aromatic rings. The summed E-state index contributed by atoms with van der Waals surface area (Å²) in [7, 11) is 0. The Bertz CT molecular complexity index is 655. The van der Waals surface area contributed by atoms with E-state index in [2.05, 4.69) is 15.1 Å². The van der Waals surface area contributed by atoms with Crippen molar-refractivity contribution in [3.8, 4) is 0 Å². The van der Waals surface area contributed by atoms with Crippen LogP contribution < -0.4 is 5.32 Å². The topological polar surface area (TPSA) is 55.9 Å². The summed E-state index contributed by atoms with van der Waals surface area (Å²) < 4.78 is 13.7. The lowest BCUT2D eigenvalue weighted by Gasteiger charge is -2.38. The number of anilines is 1. The standard InChI is InChI=1S/C20H29FN4O2/c1-16(20(27)22-18-8-4-3-7-17(18)21)24-13-11-23(12-14-24)15-19(26)25-9-5-2-6-10-25/h3-4,7-8,16H,2,5-6,9-15H2,1H3,(H,22,27)/t16-/m1/s1. The average molecular weight is 376 g/mol. The van der Waals surface area contributed by atoms with Gasteiger partial charge in [0.25, 0.3) is 0 Å². The zero-order chi connectivity index (χ0) is 19.2. The zero-order valence-corrected chi connectivity index (χ0v) is 16.0. The maximum atomic E-state index is 13.7. The summed E-state index contributed by atoms with van der Waals surface area (Å²) >= 11 is 0. The predicted octanol–water partition coefficient (Wildman–Crippen LogP) is 1.78. The van der Waals surface area contributed by atoms with Crippen LogP contribution >= 0.6 is 0 Å². The van der Waals surface area contributed by atoms with Crippen molar-refractivity contribution in [2.75, 3.05) is 51.1 Å². The van der Waals surface area contributed by atoms with Gasteiger partial charge in [-0.25, -0.2) is 4.39 Å². The summed E-state index contributed by atoms with van der Waals surface area (Å²) in [6.07, 6.45) is 3.43. The number of amides is 2. The first kappa shape index (κ1) is 19.8. The van der Waals surface area contributed by atoms with E-state index in [1.54, 1.807) is 18.2 Å². The second-order valence-corrected chi connectivity index (χ2v) is 7.40. The second kappa shape index (κ2) is 9.28. The average Bonchev–Trinajstić information content (AvgIpc) is 2.70. The van der Waals surface area contributed by atoms with Crippen LogP contribution in [-0.4, -0.2) is 78.4 Å². The third kappa shape index (κ3) is 5.26. The Hall–Kier alpha value is -1.99. The fourth-order valence-electron chi connectivity index (χ4n) is 3.71. The molecular weight excluding hydrogens is 347 g/mol. The maximum Gasteiger partial charge on any atom is 0.241 e. The number of carbonyl (C=O) groups is 2. The van der Waals surface area contributed by atoms with E-state index in [0.29, 0.717) is 6.54 Å². The second-order valence-electron chi connectivity index (χ2n) is 7.40. The number of hydrogen-bond acceptors (Lipinski definition) is 4. The van der Waals surface area contributed by atoms with Gasteiger partial charge in [0.15, 0.2) is 0 Å². The number of likely N-dealkylation sites (tertiary alicyclic amines) is 1. The first-order valence-electron chi connectivity index (χ1n) is 9.84. The summed E-state index contributed by atoms with van der Waals surface area (Å²) in [6, 6.07) is 5.84. The number of hydrogen-bond donors (Lipinski definition) is 1. The van der Waals surface area contributed by atoms with Gasteiger partial charge in [-0.05, 0) is 38.3 Å². The summed E-state index contributed by atoms with van der Waals surface area (Å²) in [5, 5.41) is 2.66. The quantitative estimate of drug-likeness (QED) is 0.851. The molecule has 2 saturated heterocycles. The Morgan fingerprint density at radius 2 is 1.70 bits per heavy atom. The van der Waals surface area contributed by atoms with E-state index in [9.17, 15) is 14.0 Å². The van der Waals surface area contributed by atoms with Crippen LogP contribution in [0.1, 0.15) is 26.2 Å². The van der Waals surface area contributed by atoms with Gasteiger partial charge in [0.1, 0.15) is 5.82 Å². The Morgan fingerprint density at radius 3 is 2.37 bits per heavy atom. The molecule has 1 atom stereocenters. The lowest BCUT2D eigenvalue weighted by Crippen LogP contribution is -2.54. The Kier molecular flexibility index (Phi) is 6.79. The fourth-order valence-corrected chi connectivity index (χ4v) is 3.71. The van der Waals surface area contributed by atoms with Crippen molar-refractivity contribution < 1.29 is 14.0 Å². The van der Waals surface area contributed by atoms with Crippen LogP contribution in [0.15, 0.2) is 24.3 Å². The van der Waals surface area contributed by atoms with Gasteiger partial charge in [0.05, 0.1) is 18.3 Å². The maximum absolute atomic E-state index is 13.7. The van der Waals surface area contributed by atoms with Gasteiger partial charge in [0.2, 0.25) is 11.8 Å². The highest BCUT2D eigenvalue weighted by Gasteiger charge is 2.27. The molecule has 2 heterocycles. The number of rotatable bonds is 5. The van der Waals surface area contributed by atoms with E-state index in [4.69, 9.17) is 0 Å². The summed E-state index contributed by atoms with van der Waals surface area (Å²) in [4.78, 5) is 31.0. The lowest BCUT2D eigenvalue weighted by molar-refractivity contribution is -0.134. The van der Waals surface area contributed by atoms with Gasteiger partial charge in [-0.3, -0.25) is 19.4 Å². The van der Waals surface area contributed by atoms with E-state index >= 15 is 0 Å². The molecule has 0 aromatic heterocycles. The van der Waals surface area contributed by atoms with Crippen LogP contribution in [-0.2, 0) is 9.59 Å². The largest absolute Gasteiger partial charge is 0.342 e. The molecule has 2 amide bonds.